The van der Waals surface area contributed by atoms with Gasteiger partial charge in [-0.15, -0.1) is 0 Å². The smallest absolute Gasteiger partial charge is 0.248 e. The minimum Gasteiger partial charge on any atom is -0.378 e. The number of carbonyl (C=O) groups excluding carboxylic acids is 1. The van der Waals surface area contributed by atoms with E-state index in [0.717, 1.165) is 12.8 Å². The molecule has 1 aromatic rings. The molecular formula is C16H24N2O4S. The fourth-order valence-corrected chi connectivity index (χ4v) is 3.72. The molecule has 1 aliphatic carbocycles. The largest absolute Gasteiger partial charge is 0.378 e. The van der Waals surface area contributed by atoms with Crippen molar-refractivity contribution in [2.24, 2.45) is 5.73 Å². The fraction of sp³-hybridized carbons (Fsp3) is 0.562. The van der Waals surface area contributed by atoms with Gasteiger partial charge in [0, 0.05) is 18.7 Å². The van der Waals surface area contributed by atoms with Gasteiger partial charge in [-0.3, -0.25) is 4.79 Å². The maximum absolute atomic E-state index is 12.1. The zero-order valence-electron chi connectivity index (χ0n) is 13.2. The standard InChI is InChI=1S/C16H24N2O4S/c17-16(19)13-7-9-15(10-8-13)23(20,21)18-11-4-12-22-14-5-2-1-3-6-14/h7-10,14,18H,1-6,11-12H2,(H2,17,19). The molecule has 23 heavy (non-hydrogen) atoms. The summed E-state index contributed by atoms with van der Waals surface area (Å²) in [6.07, 6.45) is 6.91. The summed E-state index contributed by atoms with van der Waals surface area (Å²) < 4.78 is 32.5. The molecule has 0 heterocycles. The average Bonchev–Trinajstić information content (AvgIpc) is 2.55. The van der Waals surface area contributed by atoms with Crippen molar-refractivity contribution in [2.75, 3.05) is 13.2 Å². The van der Waals surface area contributed by atoms with Crippen LogP contribution in [-0.4, -0.2) is 33.6 Å². The molecular weight excluding hydrogens is 316 g/mol. The number of hydrogen-bond acceptors (Lipinski definition) is 4. The number of nitrogens with two attached hydrogens (primary N) is 1. The Morgan fingerprint density at radius 2 is 1.83 bits per heavy atom. The van der Waals surface area contributed by atoms with E-state index in [1.807, 2.05) is 0 Å². The molecule has 0 radical (unpaired) electrons. The molecule has 1 aromatic carbocycles. The summed E-state index contributed by atoms with van der Waals surface area (Å²) in [5, 5.41) is 0. The predicted octanol–water partition coefficient (Wildman–Crippen LogP) is 1.80. The van der Waals surface area contributed by atoms with Crippen LogP contribution < -0.4 is 10.5 Å². The lowest BCUT2D eigenvalue weighted by molar-refractivity contribution is 0.0278. The van der Waals surface area contributed by atoms with Crippen LogP contribution in [0.15, 0.2) is 29.2 Å². The first kappa shape index (κ1) is 17.9. The highest BCUT2D eigenvalue weighted by atomic mass is 32.2. The van der Waals surface area contributed by atoms with Crippen molar-refractivity contribution >= 4 is 15.9 Å². The zero-order chi connectivity index (χ0) is 16.7. The van der Waals surface area contributed by atoms with Crippen LogP contribution in [0.3, 0.4) is 0 Å². The molecule has 1 fully saturated rings. The van der Waals surface area contributed by atoms with E-state index in [1.54, 1.807) is 0 Å². The van der Waals surface area contributed by atoms with Gasteiger partial charge in [-0.2, -0.15) is 0 Å². The Morgan fingerprint density at radius 3 is 2.43 bits per heavy atom. The summed E-state index contributed by atoms with van der Waals surface area (Å²) in [6, 6.07) is 5.56. The number of sulfonamides is 1. The molecule has 0 spiro atoms. The highest BCUT2D eigenvalue weighted by Gasteiger charge is 2.15. The topological polar surface area (TPSA) is 98.5 Å². The van der Waals surface area contributed by atoms with Gasteiger partial charge in [-0.1, -0.05) is 19.3 Å². The van der Waals surface area contributed by atoms with Crippen molar-refractivity contribution in [3.63, 3.8) is 0 Å². The molecule has 1 saturated carbocycles. The third-order valence-corrected chi connectivity index (χ3v) is 5.45. The van der Waals surface area contributed by atoms with Crippen molar-refractivity contribution in [1.29, 1.82) is 0 Å². The predicted molar refractivity (Wildman–Crippen MR) is 87.6 cm³/mol. The molecule has 0 unspecified atom stereocenters. The van der Waals surface area contributed by atoms with E-state index < -0.39 is 15.9 Å². The molecule has 0 bridgehead atoms. The third kappa shape index (κ3) is 5.60. The summed E-state index contributed by atoms with van der Waals surface area (Å²) >= 11 is 0. The van der Waals surface area contributed by atoms with Crippen LogP contribution in [0.25, 0.3) is 0 Å². The molecule has 1 aliphatic rings. The lowest BCUT2D eigenvalue weighted by Crippen LogP contribution is -2.26. The van der Waals surface area contributed by atoms with Crippen molar-refractivity contribution in [2.45, 2.75) is 49.5 Å². The Labute approximate surface area is 137 Å². The van der Waals surface area contributed by atoms with Gasteiger partial charge in [0.25, 0.3) is 0 Å². The first-order valence-electron chi connectivity index (χ1n) is 8.00. The molecule has 0 atom stereocenters. The van der Waals surface area contributed by atoms with Crippen LogP contribution in [0.2, 0.25) is 0 Å². The molecule has 0 saturated heterocycles. The first-order chi connectivity index (χ1) is 11.0. The monoisotopic (exact) mass is 340 g/mol. The number of primary amides is 1. The molecule has 0 aliphatic heterocycles. The summed E-state index contributed by atoms with van der Waals surface area (Å²) in [7, 11) is -3.57. The molecule has 128 valence electrons. The second-order valence-electron chi connectivity index (χ2n) is 5.77. The Kier molecular flexibility index (Phi) is 6.56. The van der Waals surface area contributed by atoms with E-state index in [4.69, 9.17) is 10.5 Å². The second-order valence-corrected chi connectivity index (χ2v) is 7.54. The van der Waals surface area contributed by atoms with E-state index in [9.17, 15) is 13.2 Å². The molecule has 2 rings (SSSR count). The number of ether oxygens (including phenoxy) is 1. The van der Waals surface area contributed by atoms with Crippen LogP contribution in [0, 0.1) is 0 Å². The molecule has 1 amide bonds. The number of benzene rings is 1. The summed E-state index contributed by atoms with van der Waals surface area (Å²) in [5.74, 6) is -0.582. The highest BCUT2D eigenvalue weighted by Crippen LogP contribution is 2.20. The van der Waals surface area contributed by atoms with E-state index in [1.165, 1.54) is 43.5 Å². The highest BCUT2D eigenvalue weighted by molar-refractivity contribution is 7.89. The fourth-order valence-electron chi connectivity index (χ4n) is 2.64. The van der Waals surface area contributed by atoms with Gasteiger partial charge >= 0.3 is 0 Å². The number of carbonyl (C=O) groups is 1. The van der Waals surface area contributed by atoms with Crippen molar-refractivity contribution in [1.82, 2.24) is 4.72 Å². The van der Waals surface area contributed by atoms with Crippen LogP contribution in [0.1, 0.15) is 48.9 Å². The molecule has 3 N–H and O–H groups in total. The Bertz CT molecular complexity index is 607. The number of amides is 1. The van der Waals surface area contributed by atoms with Crippen LogP contribution >= 0.6 is 0 Å². The summed E-state index contributed by atoms with van der Waals surface area (Å²) in [4.78, 5) is 11.1. The first-order valence-corrected chi connectivity index (χ1v) is 9.48. The van der Waals surface area contributed by atoms with Crippen molar-refractivity contribution in [3.8, 4) is 0 Å². The van der Waals surface area contributed by atoms with Gasteiger partial charge in [0.05, 0.1) is 11.0 Å². The van der Waals surface area contributed by atoms with E-state index >= 15 is 0 Å². The SMILES string of the molecule is NC(=O)c1ccc(S(=O)(=O)NCCCOC2CCCCC2)cc1. The van der Waals surface area contributed by atoms with E-state index in [2.05, 4.69) is 4.72 Å². The number of rotatable bonds is 8. The average molecular weight is 340 g/mol. The lowest BCUT2D eigenvalue weighted by atomic mass is 9.98. The van der Waals surface area contributed by atoms with Crippen LogP contribution in [0.5, 0.6) is 0 Å². The Balaban J connectivity index is 1.74. The zero-order valence-corrected chi connectivity index (χ0v) is 14.0. The molecule has 7 heteroatoms. The van der Waals surface area contributed by atoms with Gasteiger partial charge in [-0.05, 0) is 43.5 Å². The van der Waals surface area contributed by atoms with Gasteiger partial charge in [-0.25, -0.2) is 13.1 Å². The van der Waals surface area contributed by atoms with Crippen LogP contribution in [-0.2, 0) is 14.8 Å². The van der Waals surface area contributed by atoms with E-state index in [-0.39, 0.29) is 10.5 Å². The van der Waals surface area contributed by atoms with Crippen molar-refractivity contribution < 1.29 is 17.9 Å². The third-order valence-electron chi connectivity index (χ3n) is 3.97. The lowest BCUT2D eigenvalue weighted by Gasteiger charge is -2.21. The van der Waals surface area contributed by atoms with Crippen molar-refractivity contribution in [3.05, 3.63) is 29.8 Å². The van der Waals surface area contributed by atoms with Gasteiger partial charge in [0.15, 0.2) is 0 Å². The number of nitrogens with one attached hydrogen (secondary N) is 1. The van der Waals surface area contributed by atoms with Gasteiger partial charge in [0.2, 0.25) is 15.9 Å². The minimum absolute atomic E-state index is 0.121. The Morgan fingerprint density at radius 1 is 1.17 bits per heavy atom. The summed E-state index contributed by atoms with van der Waals surface area (Å²) in [6.45, 7) is 0.889. The van der Waals surface area contributed by atoms with Gasteiger partial charge in [0.1, 0.15) is 0 Å². The van der Waals surface area contributed by atoms with E-state index in [0.29, 0.717) is 25.7 Å². The quantitative estimate of drug-likeness (QED) is 0.705. The van der Waals surface area contributed by atoms with Crippen LogP contribution in [0.4, 0.5) is 0 Å². The second kappa shape index (κ2) is 8.42. The minimum atomic E-state index is -3.57. The Hall–Kier alpha value is -1.44. The molecule has 6 nitrogen and oxygen atoms in total. The van der Waals surface area contributed by atoms with Gasteiger partial charge < -0.3 is 10.5 Å². The molecule has 0 aromatic heterocycles. The summed E-state index contributed by atoms with van der Waals surface area (Å²) in [5.41, 5.74) is 5.41. The number of hydrogen-bond donors (Lipinski definition) is 2. The maximum atomic E-state index is 12.1. The maximum Gasteiger partial charge on any atom is 0.248 e. The normalized spacial score (nSPS) is 16.3.